The van der Waals surface area contributed by atoms with Crippen LogP contribution in [0.5, 0.6) is 0 Å². The monoisotopic (exact) mass is 394 g/mol. The summed E-state index contributed by atoms with van der Waals surface area (Å²) >= 11 is 0. The molecular weight excluding hydrogens is 364 g/mol. The van der Waals surface area contributed by atoms with E-state index < -0.39 is 0 Å². The average Bonchev–Trinajstić information content (AvgIpc) is 3.55. The third kappa shape index (κ3) is 5.47. The molecule has 1 amide bonds. The molecule has 7 nitrogen and oxygen atoms in total. The van der Waals surface area contributed by atoms with Crippen LogP contribution in [0.2, 0.25) is 0 Å². The number of benzene rings is 1. The van der Waals surface area contributed by atoms with Crippen LogP contribution >= 0.6 is 0 Å². The zero-order valence-electron chi connectivity index (χ0n) is 17.1. The Bertz CT molecular complexity index is 835. The summed E-state index contributed by atoms with van der Waals surface area (Å²) in [5.74, 6) is 1.11. The highest BCUT2D eigenvalue weighted by molar-refractivity contribution is 6.07. The van der Waals surface area contributed by atoms with Crippen LogP contribution in [0.15, 0.2) is 41.6 Å². The minimum Gasteiger partial charge on any atom is -0.388 e. The van der Waals surface area contributed by atoms with Crippen LogP contribution in [0.25, 0.3) is 5.70 Å². The van der Waals surface area contributed by atoms with Crippen molar-refractivity contribution < 1.29 is 4.79 Å². The van der Waals surface area contributed by atoms with Gasteiger partial charge in [0.1, 0.15) is 5.84 Å². The van der Waals surface area contributed by atoms with Crippen LogP contribution in [-0.2, 0) is 4.79 Å². The number of hydrogen-bond donors (Lipinski definition) is 5. The maximum atomic E-state index is 11.9. The molecule has 0 aromatic heterocycles. The van der Waals surface area contributed by atoms with Gasteiger partial charge in [-0.3, -0.25) is 10.2 Å². The first-order chi connectivity index (χ1) is 14.0. The molecule has 1 aromatic carbocycles. The quantitative estimate of drug-likeness (QED) is 0.345. The average molecular weight is 395 g/mol. The highest BCUT2D eigenvalue weighted by atomic mass is 16.2. The van der Waals surface area contributed by atoms with E-state index in [1.807, 2.05) is 31.3 Å². The minimum absolute atomic E-state index is 0.0403. The van der Waals surface area contributed by atoms with Gasteiger partial charge in [0.15, 0.2) is 0 Å². The lowest BCUT2D eigenvalue weighted by molar-refractivity contribution is -0.128. The predicted molar refractivity (Wildman–Crippen MR) is 118 cm³/mol. The number of allylic oxidation sites excluding steroid dienone is 1. The molecule has 0 saturated heterocycles. The summed E-state index contributed by atoms with van der Waals surface area (Å²) in [7, 11) is 1.82. The van der Waals surface area contributed by atoms with Crippen LogP contribution in [0, 0.1) is 16.7 Å². The Kier molecular flexibility index (Phi) is 6.69. The number of amides is 1. The van der Waals surface area contributed by atoms with Crippen molar-refractivity contribution in [1.29, 1.82) is 10.8 Å². The number of rotatable bonds is 8. The normalized spacial score (nSPS) is 17.0. The molecule has 1 saturated carbocycles. The highest BCUT2D eigenvalue weighted by Gasteiger charge is 2.26. The van der Waals surface area contributed by atoms with E-state index in [0.717, 1.165) is 47.1 Å². The maximum absolute atomic E-state index is 11.9. The van der Waals surface area contributed by atoms with E-state index in [4.69, 9.17) is 10.8 Å². The maximum Gasteiger partial charge on any atom is 0.219 e. The van der Waals surface area contributed by atoms with Crippen molar-refractivity contribution in [2.75, 3.05) is 32.0 Å². The molecule has 154 valence electrons. The van der Waals surface area contributed by atoms with Crippen molar-refractivity contribution in [2.45, 2.75) is 26.2 Å². The van der Waals surface area contributed by atoms with Crippen molar-refractivity contribution in [1.82, 2.24) is 15.5 Å². The summed E-state index contributed by atoms with van der Waals surface area (Å²) in [6, 6.07) is 7.74. The van der Waals surface area contributed by atoms with Crippen LogP contribution in [0.3, 0.4) is 0 Å². The number of amidine groups is 1. The van der Waals surface area contributed by atoms with Crippen LogP contribution in [-0.4, -0.2) is 49.5 Å². The topological polar surface area (TPSA) is 104 Å². The van der Waals surface area contributed by atoms with E-state index in [0.29, 0.717) is 18.9 Å². The van der Waals surface area contributed by atoms with Crippen molar-refractivity contribution >= 4 is 29.3 Å². The Labute approximate surface area is 172 Å². The number of hydrogen-bond acceptors (Lipinski definition) is 5. The van der Waals surface area contributed by atoms with E-state index in [2.05, 4.69) is 16.0 Å². The Balaban J connectivity index is 1.73. The Morgan fingerprint density at radius 1 is 1.28 bits per heavy atom. The summed E-state index contributed by atoms with van der Waals surface area (Å²) in [4.78, 5) is 13.6. The molecule has 7 heteroatoms. The smallest absolute Gasteiger partial charge is 0.219 e. The lowest BCUT2D eigenvalue weighted by Crippen LogP contribution is -2.41. The predicted octanol–water partition coefficient (Wildman–Crippen LogP) is 2.79. The summed E-state index contributed by atoms with van der Waals surface area (Å²) in [5, 5.41) is 25.7. The van der Waals surface area contributed by atoms with E-state index in [1.165, 1.54) is 19.1 Å². The van der Waals surface area contributed by atoms with Crippen molar-refractivity contribution in [3.63, 3.8) is 0 Å². The van der Waals surface area contributed by atoms with Crippen LogP contribution in [0.4, 0.5) is 5.69 Å². The van der Waals surface area contributed by atoms with E-state index >= 15 is 0 Å². The SMILES string of the molecule is CN/C(=C\C=N)c1ccc(NC(=N)C2=C(NCC3CC3)CCN(C(C)=O)C2)cc1. The van der Waals surface area contributed by atoms with Crippen LogP contribution < -0.4 is 16.0 Å². The standard InChI is InChI=1S/C22H30N6O/c1-15(29)28-12-10-21(26-13-16-3-4-16)19(14-28)22(24)27-18-7-5-17(6-8-18)20(25-2)9-11-23/h5-9,11,16,23,25-26H,3-4,10,12-14H2,1-2H3,(H2,24,27)/b20-9-,23-11?. The second-order valence-corrected chi connectivity index (χ2v) is 7.55. The largest absolute Gasteiger partial charge is 0.388 e. The van der Waals surface area contributed by atoms with Crippen molar-refractivity contribution in [3.05, 3.63) is 47.2 Å². The van der Waals surface area contributed by atoms with Gasteiger partial charge in [0.2, 0.25) is 5.91 Å². The Hall–Kier alpha value is -3.09. The summed E-state index contributed by atoms with van der Waals surface area (Å²) < 4.78 is 0. The lowest BCUT2D eigenvalue weighted by Gasteiger charge is -2.31. The van der Waals surface area contributed by atoms with Gasteiger partial charge < -0.3 is 26.3 Å². The molecule has 1 fully saturated rings. The van der Waals surface area contributed by atoms with Crippen molar-refractivity contribution in [3.8, 4) is 0 Å². The number of anilines is 1. The van der Waals surface area contributed by atoms with Crippen molar-refractivity contribution in [2.24, 2.45) is 5.92 Å². The third-order valence-corrected chi connectivity index (χ3v) is 5.38. The first kappa shape index (κ1) is 20.6. The fourth-order valence-electron chi connectivity index (χ4n) is 3.41. The fourth-order valence-corrected chi connectivity index (χ4v) is 3.41. The fraction of sp³-hybridized carbons (Fsp3) is 0.409. The molecule has 0 unspecified atom stereocenters. The van der Waals surface area contributed by atoms with Gasteiger partial charge in [0.05, 0.1) is 6.54 Å². The molecule has 1 aliphatic heterocycles. The van der Waals surface area contributed by atoms with Gasteiger partial charge in [-0.25, -0.2) is 0 Å². The summed E-state index contributed by atoms with van der Waals surface area (Å²) in [6.07, 6.45) is 6.26. The zero-order chi connectivity index (χ0) is 20.8. The highest BCUT2D eigenvalue weighted by Crippen LogP contribution is 2.29. The Morgan fingerprint density at radius 2 is 2.00 bits per heavy atom. The molecule has 29 heavy (non-hydrogen) atoms. The van der Waals surface area contributed by atoms with Gasteiger partial charge in [-0.1, -0.05) is 12.1 Å². The molecule has 1 aliphatic carbocycles. The van der Waals surface area contributed by atoms with Gasteiger partial charge in [-0.2, -0.15) is 0 Å². The minimum atomic E-state index is 0.0403. The molecule has 1 aromatic rings. The molecule has 0 radical (unpaired) electrons. The van der Waals surface area contributed by atoms with Gasteiger partial charge >= 0.3 is 0 Å². The first-order valence-electron chi connectivity index (χ1n) is 10.1. The van der Waals surface area contributed by atoms with E-state index in [1.54, 1.807) is 17.9 Å². The van der Waals surface area contributed by atoms with Crippen LogP contribution in [0.1, 0.15) is 31.7 Å². The van der Waals surface area contributed by atoms with Gasteiger partial charge in [0.25, 0.3) is 0 Å². The lowest BCUT2D eigenvalue weighted by atomic mass is 10.0. The molecule has 0 spiro atoms. The molecule has 1 heterocycles. The van der Waals surface area contributed by atoms with Gasteiger partial charge in [-0.15, -0.1) is 0 Å². The number of carbonyl (C=O) groups is 1. The Morgan fingerprint density at radius 3 is 2.59 bits per heavy atom. The van der Waals surface area contributed by atoms with Gasteiger partial charge in [-0.05, 0) is 42.5 Å². The zero-order valence-corrected chi connectivity index (χ0v) is 17.1. The number of nitrogens with one attached hydrogen (secondary N) is 5. The van der Waals surface area contributed by atoms with Gasteiger partial charge in [0, 0.05) is 62.4 Å². The molecular formula is C22H30N6O. The second-order valence-electron chi connectivity index (χ2n) is 7.55. The summed E-state index contributed by atoms with van der Waals surface area (Å²) in [5.41, 5.74) is 4.59. The molecule has 0 atom stereocenters. The molecule has 0 bridgehead atoms. The molecule has 5 N–H and O–H groups in total. The first-order valence-corrected chi connectivity index (χ1v) is 10.1. The summed E-state index contributed by atoms with van der Waals surface area (Å²) in [6.45, 7) is 3.68. The third-order valence-electron chi connectivity index (χ3n) is 5.38. The number of carbonyl (C=O) groups excluding carboxylic acids is 1. The van der Waals surface area contributed by atoms with E-state index in [9.17, 15) is 4.79 Å². The van der Waals surface area contributed by atoms with E-state index in [-0.39, 0.29) is 5.91 Å². The molecule has 3 rings (SSSR count). The molecule has 2 aliphatic rings. The number of nitrogens with zero attached hydrogens (tertiary/aromatic N) is 1. The second kappa shape index (κ2) is 9.41.